The first-order valence-corrected chi connectivity index (χ1v) is 10.6. The number of fused-ring (bicyclic) bond motifs is 1. The Balaban J connectivity index is 1.57. The SMILES string of the molecule is CCN1CCN(C2(C(=O)N[C@H](C)c3ccc(F)cc3)Cc3ccccc3C2)CC1. The lowest BCUT2D eigenvalue weighted by Gasteiger charge is -2.45. The van der Waals surface area contributed by atoms with Gasteiger partial charge < -0.3 is 10.2 Å². The highest BCUT2D eigenvalue weighted by molar-refractivity contribution is 5.88. The first-order valence-electron chi connectivity index (χ1n) is 10.6. The fraction of sp³-hybridized carbons (Fsp3) is 0.458. The molecule has 1 aliphatic heterocycles. The highest BCUT2D eigenvalue weighted by Crippen LogP contribution is 2.36. The lowest BCUT2D eigenvalue weighted by atomic mass is 9.90. The maximum Gasteiger partial charge on any atom is 0.241 e. The molecule has 1 N–H and O–H groups in total. The second-order valence-corrected chi connectivity index (χ2v) is 8.32. The van der Waals surface area contributed by atoms with Gasteiger partial charge in [-0.15, -0.1) is 0 Å². The second-order valence-electron chi connectivity index (χ2n) is 8.32. The Labute approximate surface area is 172 Å². The summed E-state index contributed by atoms with van der Waals surface area (Å²) in [5.41, 5.74) is 2.92. The van der Waals surface area contributed by atoms with Crippen LogP contribution in [0.2, 0.25) is 0 Å². The van der Waals surface area contributed by atoms with E-state index in [9.17, 15) is 9.18 Å². The van der Waals surface area contributed by atoms with Gasteiger partial charge in [-0.1, -0.05) is 43.3 Å². The van der Waals surface area contributed by atoms with E-state index < -0.39 is 5.54 Å². The zero-order chi connectivity index (χ0) is 20.4. The van der Waals surface area contributed by atoms with Crippen molar-refractivity contribution in [2.75, 3.05) is 32.7 Å². The number of nitrogens with one attached hydrogen (secondary N) is 1. The summed E-state index contributed by atoms with van der Waals surface area (Å²) >= 11 is 0. The first-order chi connectivity index (χ1) is 14.0. The standard InChI is InChI=1S/C24H30FN3O/c1-3-27-12-14-28(15-13-27)24(16-20-6-4-5-7-21(20)17-24)23(29)26-18(2)19-8-10-22(25)11-9-19/h4-11,18H,3,12-17H2,1-2H3,(H,26,29)/t18-/m1/s1. The molecule has 2 aromatic carbocycles. The van der Waals surface area contributed by atoms with Crippen LogP contribution in [0, 0.1) is 5.82 Å². The van der Waals surface area contributed by atoms with Crippen LogP contribution in [0.4, 0.5) is 4.39 Å². The molecule has 0 aromatic heterocycles. The molecule has 1 heterocycles. The highest BCUT2D eigenvalue weighted by Gasteiger charge is 2.49. The molecule has 0 unspecified atom stereocenters. The summed E-state index contributed by atoms with van der Waals surface area (Å²) < 4.78 is 13.3. The fourth-order valence-electron chi connectivity index (χ4n) is 4.78. The number of hydrogen-bond donors (Lipinski definition) is 1. The van der Waals surface area contributed by atoms with Crippen LogP contribution in [0.15, 0.2) is 48.5 Å². The normalized spacial score (nSPS) is 20.2. The molecule has 5 heteroatoms. The van der Waals surface area contributed by atoms with Crippen molar-refractivity contribution in [2.45, 2.75) is 38.3 Å². The quantitative estimate of drug-likeness (QED) is 0.845. The maximum absolute atomic E-state index is 13.7. The number of nitrogens with zero attached hydrogens (tertiary/aromatic N) is 2. The summed E-state index contributed by atoms with van der Waals surface area (Å²) in [4.78, 5) is 18.5. The van der Waals surface area contributed by atoms with E-state index in [-0.39, 0.29) is 17.8 Å². The zero-order valence-corrected chi connectivity index (χ0v) is 17.3. The smallest absolute Gasteiger partial charge is 0.241 e. The number of benzene rings is 2. The molecule has 1 atom stereocenters. The highest BCUT2D eigenvalue weighted by atomic mass is 19.1. The summed E-state index contributed by atoms with van der Waals surface area (Å²) in [7, 11) is 0. The van der Waals surface area contributed by atoms with Crippen molar-refractivity contribution in [1.82, 2.24) is 15.1 Å². The van der Waals surface area contributed by atoms with Gasteiger partial charge in [-0.05, 0) is 42.3 Å². The van der Waals surface area contributed by atoms with Crippen molar-refractivity contribution in [3.8, 4) is 0 Å². The van der Waals surface area contributed by atoms with E-state index in [1.54, 1.807) is 12.1 Å². The molecular weight excluding hydrogens is 365 g/mol. The molecule has 0 radical (unpaired) electrons. The van der Waals surface area contributed by atoms with Crippen LogP contribution in [0.1, 0.15) is 36.6 Å². The molecule has 1 saturated heterocycles. The molecule has 1 amide bonds. The molecular formula is C24H30FN3O. The average Bonchev–Trinajstić information content (AvgIpc) is 3.15. The molecule has 0 spiro atoms. The molecule has 4 nitrogen and oxygen atoms in total. The van der Waals surface area contributed by atoms with Gasteiger partial charge in [0.1, 0.15) is 11.4 Å². The van der Waals surface area contributed by atoms with E-state index >= 15 is 0 Å². The van der Waals surface area contributed by atoms with Crippen molar-refractivity contribution < 1.29 is 9.18 Å². The van der Waals surface area contributed by atoms with E-state index in [1.807, 2.05) is 6.92 Å². The minimum atomic E-state index is -0.544. The van der Waals surface area contributed by atoms with Crippen LogP contribution in [0.3, 0.4) is 0 Å². The molecule has 0 bridgehead atoms. The summed E-state index contributed by atoms with van der Waals surface area (Å²) in [5.74, 6) is -0.181. The molecule has 29 heavy (non-hydrogen) atoms. The minimum Gasteiger partial charge on any atom is -0.348 e. The van der Waals surface area contributed by atoms with Gasteiger partial charge >= 0.3 is 0 Å². The molecule has 1 fully saturated rings. The van der Waals surface area contributed by atoms with Crippen LogP contribution in [-0.4, -0.2) is 54.0 Å². The van der Waals surface area contributed by atoms with Crippen molar-refractivity contribution in [3.05, 3.63) is 71.0 Å². The lowest BCUT2D eigenvalue weighted by Crippen LogP contribution is -2.64. The van der Waals surface area contributed by atoms with E-state index in [0.717, 1.165) is 51.1 Å². The third-order valence-corrected chi connectivity index (χ3v) is 6.65. The molecule has 154 valence electrons. The number of hydrogen-bond acceptors (Lipinski definition) is 3. The van der Waals surface area contributed by atoms with Gasteiger partial charge in [0.2, 0.25) is 5.91 Å². The van der Waals surface area contributed by atoms with Crippen molar-refractivity contribution in [1.29, 1.82) is 0 Å². The summed E-state index contributed by atoms with van der Waals surface area (Å²) in [6.45, 7) is 9.00. The molecule has 1 aliphatic carbocycles. The first kappa shape index (κ1) is 20.0. The van der Waals surface area contributed by atoms with Gasteiger partial charge in [-0.25, -0.2) is 4.39 Å². The van der Waals surface area contributed by atoms with E-state index in [2.05, 4.69) is 46.3 Å². The number of piperazine rings is 1. The minimum absolute atomic E-state index is 0.0791. The lowest BCUT2D eigenvalue weighted by molar-refractivity contribution is -0.135. The van der Waals surface area contributed by atoms with Gasteiger partial charge in [0, 0.05) is 39.0 Å². The number of carbonyl (C=O) groups is 1. The average molecular weight is 396 g/mol. The Kier molecular flexibility index (Phi) is 5.70. The topological polar surface area (TPSA) is 35.6 Å². The van der Waals surface area contributed by atoms with Gasteiger partial charge in [0.25, 0.3) is 0 Å². The Morgan fingerprint density at radius 2 is 1.62 bits per heavy atom. The largest absolute Gasteiger partial charge is 0.348 e. The summed E-state index contributed by atoms with van der Waals surface area (Å²) in [6, 6.07) is 14.6. The van der Waals surface area contributed by atoms with E-state index in [0.29, 0.717) is 0 Å². The number of rotatable bonds is 5. The van der Waals surface area contributed by atoms with Crippen molar-refractivity contribution in [2.24, 2.45) is 0 Å². The van der Waals surface area contributed by atoms with E-state index in [1.165, 1.54) is 23.3 Å². The van der Waals surface area contributed by atoms with Crippen LogP contribution >= 0.6 is 0 Å². The molecule has 2 aliphatic rings. The second kappa shape index (κ2) is 8.25. The Morgan fingerprint density at radius 1 is 1.03 bits per heavy atom. The number of amides is 1. The Bertz CT molecular complexity index is 834. The third-order valence-electron chi connectivity index (χ3n) is 6.65. The van der Waals surface area contributed by atoms with Crippen molar-refractivity contribution in [3.63, 3.8) is 0 Å². The monoisotopic (exact) mass is 395 g/mol. The number of halogens is 1. The maximum atomic E-state index is 13.7. The predicted octanol–water partition coefficient (Wildman–Crippen LogP) is 3.18. The van der Waals surface area contributed by atoms with Gasteiger partial charge in [-0.3, -0.25) is 9.69 Å². The van der Waals surface area contributed by atoms with Crippen LogP contribution in [0.25, 0.3) is 0 Å². The zero-order valence-electron chi connectivity index (χ0n) is 17.3. The summed E-state index contributed by atoms with van der Waals surface area (Å²) in [5, 5.41) is 3.24. The molecule has 2 aromatic rings. The predicted molar refractivity (Wildman–Crippen MR) is 113 cm³/mol. The van der Waals surface area contributed by atoms with Crippen LogP contribution < -0.4 is 5.32 Å². The molecule has 4 rings (SSSR count). The van der Waals surface area contributed by atoms with Crippen LogP contribution in [-0.2, 0) is 17.6 Å². The van der Waals surface area contributed by atoms with Gasteiger partial charge in [0.15, 0.2) is 0 Å². The number of likely N-dealkylation sites (N-methyl/N-ethyl adjacent to an activating group) is 1. The summed E-state index contributed by atoms with van der Waals surface area (Å²) in [6.07, 6.45) is 1.49. The fourth-order valence-corrected chi connectivity index (χ4v) is 4.78. The van der Waals surface area contributed by atoms with Gasteiger partial charge in [-0.2, -0.15) is 0 Å². The molecule has 0 saturated carbocycles. The van der Waals surface area contributed by atoms with Gasteiger partial charge in [0.05, 0.1) is 6.04 Å². The number of carbonyl (C=O) groups excluding carboxylic acids is 1. The Morgan fingerprint density at radius 3 is 2.17 bits per heavy atom. The van der Waals surface area contributed by atoms with Crippen molar-refractivity contribution >= 4 is 5.91 Å². The van der Waals surface area contributed by atoms with Crippen LogP contribution in [0.5, 0.6) is 0 Å². The Hall–Kier alpha value is -2.24. The third kappa shape index (κ3) is 3.94. The van der Waals surface area contributed by atoms with E-state index in [4.69, 9.17) is 0 Å².